The molecule has 2 aromatic rings. The Bertz CT molecular complexity index is 841. The highest BCUT2D eigenvalue weighted by atomic mass is 127. The molecule has 1 aliphatic heterocycles. The van der Waals surface area contributed by atoms with Gasteiger partial charge in [0.15, 0.2) is 0 Å². The second-order valence-electron chi connectivity index (χ2n) is 8.81. The molecule has 1 atom stereocenters. The van der Waals surface area contributed by atoms with Gasteiger partial charge in [0.05, 0.1) is 22.4 Å². The molecular formula is C20H28BIN2O2. The van der Waals surface area contributed by atoms with Gasteiger partial charge in [-0.3, -0.25) is 4.68 Å². The van der Waals surface area contributed by atoms with E-state index in [0.29, 0.717) is 12.0 Å². The van der Waals surface area contributed by atoms with Gasteiger partial charge in [0.1, 0.15) is 0 Å². The monoisotopic (exact) mass is 466 g/mol. The summed E-state index contributed by atoms with van der Waals surface area (Å²) >= 11 is 2.47. The van der Waals surface area contributed by atoms with Crippen molar-refractivity contribution in [3.8, 4) is 0 Å². The molecule has 1 aromatic heterocycles. The predicted octanol–water partition coefficient (Wildman–Crippen LogP) is 4.79. The molecule has 2 aliphatic rings. The number of nitrogens with zero attached hydrogens (tertiary/aromatic N) is 2. The number of rotatable bonds is 4. The fraction of sp³-hybridized carbons (Fsp3) is 0.650. The highest BCUT2D eigenvalue weighted by Crippen LogP contribution is 2.44. The summed E-state index contributed by atoms with van der Waals surface area (Å²) in [6.45, 7) is 12.9. The molecule has 6 heteroatoms. The summed E-state index contributed by atoms with van der Waals surface area (Å²) in [5.41, 5.74) is 2.99. The average molecular weight is 466 g/mol. The van der Waals surface area contributed by atoms with E-state index in [4.69, 9.17) is 14.4 Å². The summed E-state index contributed by atoms with van der Waals surface area (Å²) in [4.78, 5) is 0. The fourth-order valence-electron chi connectivity index (χ4n) is 3.54. The second kappa shape index (κ2) is 6.21. The summed E-state index contributed by atoms with van der Waals surface area (Å²) in [7, 11) is -0.324. The van der Waals surface area contributed by atoms with E-state index < -0.39 is 0 Å². The van der Waals surface area contributed by atoms with Crippen molar-refractivity contribution in [3.05, 3.63) is 21.4 Å². The molecule has 1 unspecified atom stereocenters. The first-order chi connectivity index (χ1) is 12.2. The quantitative estimate of drug-likeness (QED) is 0.481. The van der Waals surface area contributed by atoms with E-state index in [1.165, 1.54) is 33.0 Å². The van der Waals surface area contributed by atoms with Crippen molar-refractivity contribution in [3.63, 3.8) is 0 Å². The van der Waals surface area contributed by atoms with Crippen LogP contribution in [0.15, 0.2) is 12.1 Å². The third kappa shape index (κ3) is 2.83. The molecule has 0 amide bonds. The normalized spacial score (nSPS) is 23.0. The van der Waals surface area contributed by atoms with Gasteiger partial charge in [0, 0.05) is 20.9 Å². The number of aromatic nitrogens is 2. The van der Waals surface area contributed by atoms with Crippen molar-refractivity contribution in [2.75, 3.05) is 0 Å². The minimum Gasteiger partial charge on any atom is -0.399 e. The van der Waals surface area contributed by atoms with Gasteiger partial charge in [0.25, 0.3) is 0 Å². The molecule has 1 aliphatic carbocycles. The average Bonchev–Trinajstić information content (AvgIpc) is 3.29. The Morgan fingerprint density at radius 3 is 2.38 bits per heavy atom. The van der Waals surface area contributed by atoms with Crippen molar-refractivity contribution >= 4 is 46.1 Å². The first-order valence-electron chi connectivity index (χ1n) is 9.72. The third-order valence-corrected chi connectivity index (χ3v) is 7.51. The minimum atomic E-state index is -0.324. The Labute approximate surface area is 170 Å². The van der Waals surface area contributed by atoms with E-state index in [0.717, 1.165) is 11.9 Å². The van der Waals surface area contributed by atoms with Crippen LogP contribution in [0, 0.1) is 3.57 Å². The summed E-state index contributed by atoms with van der Waals surface area (Å²) in [5, 5.41) is 6.34. The summed E-state index contributed by atoms with van der Waals surface area (Å²) in [6, 6.07) is 4.79. The number of hydrogen-bond donors (Lipinski definition) is 0. The van der Waals surface area contributed by atoms with Crippen LogP contribution in [0.4, 0.5) is 0 Å². The highest BCUT2D eigenvalue weighted by Gasteiger charge is 2.52. The largest absolute Gasteiger partial charge is 0.495 e. The standard InChI is InChI=1S/C20H28BIN2O2/c1-7-12(2)24-15-11-10-14(21-25-19(3,4)20(5,6)26-21)17(22)16(15)18(23-24)13-8-9-13/h10-13H,7-9H2,1-6H3. The van der Waals surface area contributed by atoms with E-state index in [1.54, 1.807) is 0 Å². The summed E-state index contributed by atoms with van der Waals surface area (Å²) < 4.78 is 16.1. The van der Waals surface area contributed by atoms with Crippen molar-refractivity contribution < 1.29 is 9.31 Å². The maximum absolute atomic E-state index is 6.32. The Morgan fingerprint density at radius 1 is 1.23 bits per heavy atom. The first-order valence-corrected chi connectivity index (χ1v) is 10.8. The Balaban J connectivity index is 1.84. The lowest BCUT2D eigenvalue weighted by atomic mass is 9.78. The van der Waals surface area contributed by atoms with Crippen LogP contribution in [-0.2, 0) is 9.31 Å². The maximum atomic E-state index is 6.32. The van der Waals surface area contributed by atoms with Crippen LogP contribution < -0.4 is 5.46 Å². The third-order valence-electron chi connectivity index (χ3n) is 6.35. The second-order valence-corrected chi connectivity index (χ2v) is 9.89. The molecule has 0 radical (unpaired) electrons. The van der Waals surface area contributed by atoms with Gasteiger partial charge in [-0.2, -0.15) is 5.10 Å². The van der Waals surface area contributed by atoms with Crippen LogP contribution in [0.25, 0.3) is 10.9 Å². The highest BCUT2D eigenvalue weighted by molar-refractivity contribution is 14.1. The van der Waals surface area contributed by atoms with Crippen LogP contribution in [-0.4, -0.2) is 28.1 Å². The van der Waals surface area contributed by atoms with Crippen LogP contribution in [0.5, 0.6) is 0 Å². The van der Waals surface area contributed by atoms with E-state index in [-0.39, 0.29) is 18.3 Å². The van der Waals surface area contributed by atoms with Crippen LogP contribution in [0.2, 0.25) is 0 Å². The zero-order valence-electron chi connectivity index (χ0n) is 16.6. The predicted molar refractivity (Wildman–Crippen MR) is 115 cm³/mol. The molecule has 2 heterocycles. The van der Waals surface area contributed by atoms with Crippen molar-refractivity contribution in [1.82, 2.24) is 9.78 Å². The Morgan fingerprint density at radius 2 is 1.85 bits per heavy atom. The molecule has 0 spiro atoms. The van der Waals surface area contributed by atoms with E-state index in [9.17, 15) is 0 Å². The molecule has 2 fully saturated rings. The number of halogens is 1. The van der Waals surface area contributed by atoms with Crippen molar-refractivity contribution in [1.29, 1.82) is 0 Å². The van der Waals surface area contributed by atoms with Gasteiger partial charge in [0.2, 0.25) is 0 Å². The topological polar surface area (TPSA) is 36.3 Å². The van der Waals surface area contributed by atoms with Gasteiger partial charge in [-0.15, -0.1) is 0 Å². The molecule has 1 saturated heterocycles. The molecule has 140 valence electrons. The maximum Gasteiger partial charge on any atom is 0.495 e. The van der Waals surface area contributed by atoms with E-state index in [1.807, 2.05) is 0 Å². The smallest absolute Gasteiger partial charge is 0.399 e. The van der Waals surface area contributed by atoms with Gasteiger partial charge < -0.3 is 9.31 Å². The fourth-order valence-corrected chi connectivity index (χ4v) is 4.53. The Hall–Kier alpha value is -0.595. The number of hydrogen-bond acceptors (Lipinski definition) is 3. The molecular weight excluding hydrogens is 438 g/mol. The van der Waals surface area contributed by atoms with Crippen LogP contribution in [0.1, 0.15) is 78.5 Å². The molecule has 0 bridgehead atoms. The zero-order chi connectivity index (χ0) is 18.9. The molecule has 4 nitrogen and oxygen atoms in total. The molecule has 1 saturated carbocycles. The molecule has 26 heavy (non-hydrogen) atoms. The lowest BCUT2D eigenvalue weighted by Crippen LogP contribution is -2.41. The molecule has 0 N–H and O–H groups in total. The zero-order valence-corrected chi connectivity index (χ0v) is 18.8. The number of fused-ring (bicyclic) bond motifs is 1. The van der Waals surface area contributed by atoms with Gasteiger partial charge in [-0.1, -0.05) is 13.0 Å². The van der Waals surface area contributed by atoms with Crippen molar-refractivity contribution in [2.45, 2.75) is 84.0 Å². The van der Waals surface area contributed by atoms with E-state index in [2.05, 4.69) is 80.9 Å². The van der Waals surface area contributed by atoms with Crippen molar-refractivity contribution in [2.24, 2.45) is 0 Å². The summed E-state index contributed by atoms with van der Waals surface area (Å²) in [6.07, 6.45) is 3.59. The lowest BCUT2D eigenvalue weighted by Gasteiger charge is -2.32. The minimum absolute atomic E-state index is 0.323. The van der Waals surface area contributed by atoms with Crippen LogP contribution >= 0.6 is 22.6 Å². The van der Waals surface area contributed by atoms with E-state index >= 15 is 0 Å². The lowest BCUT2D eigenvalue weighted by molar-refractivity contribution is 0.00578. The van der Waals surface area contributed by atoms with Gasteiger partial charge >= 0.3 is 7.12 Å². The number of benzene rings is 1. The molecule has 1 aromatic carbocycles. The first kappa shape index (κ1) is 18.8. The van der Waals surface area contributed by atoms with Gasteiger partial charge in [-0.05, 0) is 88.0 Å². The SMILES string of the molecule is CCC(C)n1nc(C2CC2)c2c(I)c(B3OC(C)(C)C(C)(C)O3)ccc21. The summed E-state index contributed by atoms with van der Waals surface area (Å²) in [5.74, 6) is 0.616. The van der Waals surface area contributed by atoms with Crippen LogP contribution in [0.3, 0.4) is 0 Å². The van der Waals surface area contributed by atoms with Gasteiger partial charge in [-0.25, -0.2) is 0 Å². The molecule has 4 rings (SSSR count). The Kier molecular flexibility index (Phi) is 4.48.